The van der Waals surface area contributed by atoms with Gasteiger partial charge in [0.2, 0.25) is 0 Å². The molecule has 2 rings (SSSR count). The Morgan fingerprint density at radius 1 is 1.12 bits per heavy atom. The van der Waals surface area contributed by atoms with E-state index in [9.17, 15) is 9.59 Å². The maximum absolute atomic E-state index is 11.6. The van der Waals surface area contributed by atoms with Gasteiger partial charge in [-0.25, -0.2) is 19.6 Å². The van der Waals surface area contributed by atoms with Crippen LogP contribution in [0.3, 0.4) is 0 Å². The van der Waals surface area contributed by atoms with Gasteiger partial charge in [0.05, 0.1) is 12.4 Å². The monoisotopic (exact) mass is 329 g/mol. The van der Waals surface area contributed by atoms with Crippen LogP contribution in [0.25, 0.3) is 0 Å². The molecule has 1 aromatic carbocycles. The van der Waals surface area contributed by atoms with Crippen molar-refractivity contribution in [2.45, 2.75) is 26.4 Å². The summed E-state index contributed by atoms with van der Waals surface area (Å²) in [6.07, 6.45) is 2.57. The van der Waals surface area contributed by atoms with E-state index in [0.29, 0.717) is 18.1 Å². The molecule has 1 aromatic heterocycles. The van der Waals surface area contributed by atoms with Gasteiger partial charge >= 0.3 is 12.0 Å². The Hall–Kier alpha value is -3.16. The molecule has 0 bridgehead atoms. The lowest BCUT2D eigenvalue weighted by molar-refractivity contribution is 0.0690. The van der Waals surface area contributed by atoms with Gasteiger partial charge in [-0.3, -0.25) is 0 Å². The Bertz CT molecular complexity index is 699. The van der Waals surface area contributed by atoms with Crippen molar-refractivity contribution < 1.29 is 14.7 Å². The first kappa shape index (κ1) is 17.2. The highest BCUT2D eigenvalue weighted by Crippen LogP contribution is 2.11. The van der Waals surface area contributed by atoms with Gasteiger partial charge < -0.3 is 21.1 Å². The Kier molecular flexibility index (Phi) is 5.67. The first-order valence-electron chi connectivity index (χ1n) is 7.39. The second-order valence-electron chi connectivity index (χ2n) is 5.40. The number of carboxylic acid groups (broad SMARTS) is 1. The summed E-state index contributed by atoms with van der Waals surface area (Å²) in [4.78, 5) is 30.1. The van der Waals surface area contributed by atoms with E-state index in [-0.39, 0.29) is 17.8 Å². The van der Waals surface area contributed by atoms with Crippen molar-refractivity contribution in [1.29, 1.82) is 0 Å². The molecule has 0 saturated heterocycles. The van der Waals surface area contributed by atoms with E-state index < -0.39 is 5.97 Å². The molecule has 1 heterocycles. The average Bonchev–Trinajstić information content (AvgIpc) is 2.54. The summed E-state index contributed by atoms with van der Waals surface area (Å²) in [7, 11) is 0. The number of urea groups is 1. The second kappa shape index (κ2) is 7.91. The van der Waals surface area contributed by atoms with E-state index in [4.69, 9.17) is 5.11 Å². The van der Waals surface area contributed by atoms with Crippen LogP contribution in [0.1, 0.15) is 29.9 Å². The van der Waals surface area contributed by atoms with Gasteiger partial charge in [-0.05, 0) is 31.5 Å². The molecule has 0 radical (unpaired) electrons. The fourth-order valence-corrected chi connectivity index (χ4v) is 1.86. The number of aromatic carboxylic acids is 1. The summed E-state index contributed by atoms with van der Waals surface area (Å²) in [5.41, 5.74) is 1.58. The van der Waals surface area contributed by atoms with E-state index in [1.165, 1.54) is 12.4 Å². The highest BCUT2D eigenvalue weighted by Gasteiger charge is 2.05. The molecular weight excluding hydrogens is 310 g/mol. The van der Waals surface area contributed by atoms with Crippen molar-refractivity contribution in [3.8, 4) is 0 Å². The van der Waals surface area contributed by atoms with E-state index in [0.717, 1.165) is 5.56 Å². The van der Waals surface area contributed by atoms with Crippen molar-refractivity contribution in [2.24, 2.45) is 0 Å². The lowest BCUT2D eigenvalue weighted by atomic mass is 10.2. The Balaban J connectivity index is 1.87. The van der Waals surface area contributed by atoms with Gasteiger partial charge in [0.1, 0.15) is 5.82 Å². The molecule has 2 amide bonds. The van der Waals surface area contributed by atoms with Crippen LogP contribution in [0.2, 0.25) is 0 Å². The lowest BCUT2D eigenvalue weighted by Crippen LogP contribution is -2.34. The number of aromatic nitrogens is 2. The molecule has 4 N–H and O–H groups in total. The number of nitrogens with one attached hydrogen (secondary N) is 3. The molecule has 2 aromatic rings. The maximum atomic E-state index is 11.6. The molecule has 24 heavy (non-hydrogen) atoms. The van der Waals surface area contributed by atoms with E-state index in [2.05, 4.69) is 25.9 Å². The average molecular weight is 329 g/mol. The summed E-state index contributed by atoms with van der Waals surface area (Å²) in [5.74, 6) is -0.628. The van der Waals surface area contributed by atoms with Crippen LogP contribution in [0, 0.1) is 0 Å². The molecule has 8 heteroatoms. The Morgan fingerprint density at radius 2 is 1.83 bits per heavy atom. The number of carboxylic acids is 1. The number of nitrogens with zero attached hydrogens (tertiary/aromatic N) is 2. The minimum absolute atomic E-state index is 0.0714. The molecule has 0 atom stereocenters. The number of benzene rings is 1. The second-order valence-corrected chi connectivity index (χ2v) is 5.40. The third-order valence-electron chi connectivity index (χ3n) is 2.98. The number of carbonyl (C=O) groups is 2. The molecule has 126 valence electrons. The van der Waals surface area contributed by atoms with Crippen molar-refractivity contribution in [1.82, 2.24) is 15.3 Å². The van der Waals surface area contributed by atoms with Crippen LogP contribution in [0.5, 0.6) is 0 Å². The molecule has 0 unspecified atom stereocenters. The highest BCUT2D eigenvalue weighted by atomic mass is 16.4. The minimum atomic E-state index is -1.11. The third-order valence-corrected chi connectivity index (χ3v) is 2.98. The van der Waals surface area contributed by atoms with Crippen LogP contribution < -0.4 is 16.0 Å². The molecule has 0 aliphatic carbocycles. The number of hydrogen-bond acceptors (Lipinski definition) is 5. The number of anilines is 2. The van der Waals surface area contributed by atoms with Gasteiger partial charge in [-0.1, -0.05) is 12.1 Å². The maximum Gasteiger partial charge on any atom is 0.356 e. The summed E-state index contributed by atoms with van der Waals surface area (Å²) in [5, 5.41) is 17.3. The summed E-state index contributed by atoms with van der Waals surface area (Å²) >= 11 is 0. The Labute approximate surface area is 139 Å². The van der Waals surface area contributed by atoms with Gasteiger partial charge in [-0.15, -0.1) is 0 Å². The largest absolute Gasteiger partial charge is 0.476 e. The summed E-state index contributed by atoms with van der Waals surface area (Å²) < 4.78 is 0. The van der Waals surface area contributed by atoms with E-state index in [1.54, 1.807) is 12.1 Å². The third kappa shape index (κ3) is 5.24. The van der Waals surface area contributed by atoms with E-state index in [1.807, 2.05) is 26.0 Å². The molecule has 0 aliphatic heterocycles. The first-order chi connectivity index (χ1) is 11.4. The molecular formula is C16H19N5O3. The van der Waals surface area contributed by atoms with E-state index >= 15 is 0 Å². The van der Waals surface area contributed by atoms with Crippen molar-refractivity contribution in [3.63, 3.8) is 0 Å². The number of rotatable bonds is 6. The zero-order chi connectivity index (χ0) is 17.5. The van der Waals surface area contributed by atoms with Gasteiger partial charge in [0.25, 0.3) is 0 Å². The fourth-order valence-electron chi connectivity index (χ4n) is 1.86. The zero-order valence-corrected chi connectivity index (χ0v) is 13.4. The van der Waals surface area contributed by atoms with Gasteiger partial charge in [0, 0.05) is 18.3 Å². The normalized spacial score (nSPS) is 10.3. The topological polar surface area (TPSA) is 116 Å². The summed E-state index contributed by atoms with van der Waals surface area (Å²) in [6, 6.07) is 7.17. The van der Waals surface area contributed by atoms with Gasteiger partial charge in [0.15, 0.2) is 5.69 Å². The Morgan fingerprint density at radius 3 is 2.38 bits per heavy atom. The molecule has 0 spiro atoms. The molecule has 0 fully saturated rings. The van der Waals surface area contributed by atoms with Crippen LogP contribution in [0.15, 0.2) is 36.7 Å². The van der Waals surface area contributed by atoms with Crippen LogP contribution >= 0.6 is 0 Å². The zero-order valence-electron chi connectivity index (χ0n) is 13.4. The first-order valence-corrected chi connectivity index (χ1v) is 7.39. The lowest BCUT2D eigenvalue weighted by Gasteiger charge is -2.11. The predicted octanol–water partition coefficient (Wildman–Crippen LogP) is 2.32. The van der Waals surface area contributed by atoms with Crippen LogP contribution in [0.4, 0.5) is 16.3 Å². The summed E-state index contributed by atoms with van der Waals surface area (Å²) in [6.45, 7) is 4.28. The smallest absolute Gasteiger partial charge is 0.356 e. The van der Waals surface area contributed by atoms with Crippen LogP contribution in [-0.4, -0.2) is 33.1 Å². The predicted molar refractivity (Wildman–Crippen MR) is 90.1 cm³/mol. The number of carbonyl (C=O) groups excluding carboxylic acids is 1. The molecule has 8 nitrogen and oxygen atoms in total. The SMILES string of the molecule is CC(C)NC(=O)Nc1ccc(CNc2cnc(C(=O)O)cn2)cc1. The standard InChI is InChI=1S/C16H19N5O3/c1-10(2)20-16(24)21-12-5-3-11(4-6-12)7-18-14-9-17-13(8-19-14)15(22)23/h3-6,8-10H,7H2,1-2H3,(H,18,19)(H,22,23)(H2,20,21,24). The van der Waals surface area contributed by atoms with Crippen molar-refractivity contribution in [3.05, 3.63) is 47.9 Å². The van der Waals surface area contributed by atoms with Crippen LogP contribution in [-0.2, 0) is 6.54 Å². The molecule has 0 saturated carbocycles. The number of hydrogen-bond donors (Lipinski definition) is 4. The van der Waals surface area contributed by atoms with Crippen molar-refractivity contribution >= 4 is 23.5 Å². The number of amides is 2. The minimum Gasteiger partial charge on any atom is -0.476 e. The fraction of sp³-hybridized carbons (Fsp3) is 0.250. The highest BCUT2D eigenvalue weighted by molar-refractivity contribution is 5.89. The molecule has 0 aliphatic rings. The quantitative estimate of drug-likeness (QED) is 0.646. The van der Waals surface area contributed by atoms with Gasteiger partial charge in [-0.2, -0.15) is 0 Å². The van der Waals surface area contributed by atoms with Crippen molar-refractivity contribution in [2.75, 3.05) is 10.6 Å².